The first-order valence-electron chi connectivity index (χ1n) is 10.3. The molecular weight excluding hydrogens is 364 g/mol. The van der Waals surface area contributed by atoms with Gasteiger partial charge in [-0.25, -0.2) is 9.97 Å². The maximum Gasteiger partial charge on any atom is 0.215 e. The molecule has 0 unspecified atom stereocenters. The van der Waals surface area contributed by atoms with Gasteiger partial charge in [-0.15, -0.1) is 0 Å². The molecule has 4 aromatic heterocycles. The van der Waals surface area contributed by atoms with Crippen molar-refractivity contribution < 1.29 is 0 Å². The van der Waals surface area contributed by atoms with Gasteiger partial charge in [0.15, 0.2) is 5.82 Å². The molecule has 1 aliphatic carbocycles. The first-order valence-corrected chi connectivity index (χ1v) is 10.3. The molecule has 150 valence electrons. The summed E-state index contributed by atoms with van der Waals surface area (Å²) in [6.45, 7) is 7.34. The zero-order chi connectivity index (χ0) is 20.0. The molecule has 0 atom stereocenters. The highest BCUT2D eigenvalue weighted by atomic mass is 15.3. The van der Waals surface area contributed by atoms with Gasteiger partial charge in [-0.05, 0) is 32.1 Å². The van der Waals surface area contributed by atoms with Crippen molar-refractivity contribution in [2.24, 2.45) is 5.92 Å². The molecule has 0 amide bonds. The third-order valence-electron chi connectivity index (χ3n) is 5.29. The van der Waals surface area contributed by atoms with Crippen LogP contribution in [0.15, 0.2) is 30.7 Å². The van der Waals surface area contributed by atoms with Crippen LogP contribution in [0.3, 0.4) is 0 Å². The Morgan fingerprint density at radius 2 is 2.07 bits per heavy atom. The predicted molar refractivity (Wildman–Crippen MR) is 112 cm³/mol. The van der Waals surface area contributed by atoms with E-state index in [9.17, 15) is 0 Å². The van der Waals surface area contributed by atoms with Crippen molar-refractivity contribution in [2.75, 3.05) is 5.32 Å². The Bertz CT molecular complexity index is 1140. The number of rotatable bonds is 7. The van der Waals surface area contributed by atoms with Gasteiger partial charge in [-0.2, -0.15) is 10.2 Å². The summed E-state index contributed by atoms with van der Waals surface area (Å²) < 4.78 is 3.95. The number of H-pyrrole nitrogens is 1. The number of nitrogens with one attached hydrogen (secondary N) is 2. The first-order chi connectivity index (χ1) is 14.0. The number of hydrogen-bond acceptors (Lipinski definition) is 5. The molecule has 1 saturated carbocycles. The van der Waals surface area contributed by atoms with E-state index in [-0.39, 0.29) is 0 Å². The highest BCUT2D eigenvalue weighted by Gasteiger charge is 2.25. The van der Waals surface area contributed by atoms with Gasteiger partial charge in [-0.1, -0.05) is 13.8 Å². The number of aryl methyl sites for hydroxylation is 2. The Balaban J connectivity index is 1.48. The van der Waals surface area contributed by atoms with Gasteiger partial charge in [-0.3, -0.25) is 14.2 Å². The van der Waals surface area contributed by atoms with Gasteiger partial charge >= 0.3 is 0 Å². The van der Waals surface area contributed by atoms with Gasteiger partial charge in [0.1, 0.15) is 5.65 Å². The van der Waals surface area contributed by atoms with Gasteiger partial charge in [0.2, 0.25) is 5.95 Å². The number of anilines is 2. The van der Waals surface area contributed by atoms with E-state index in [1.165, 1.54) is 18.5 Å². The zero-order valence-electron chi connectivity index (χ0n) is 17.1. The number of hydrogen-bond donors (Lipinski definition) is 2. The van der Waals surface area contributed by atoms with Crippen LogP contribution in [-0.2, 0) is 6.54 Å². The summed E-state index contributed by atoms with van der Waals surface area (Å²) in [5.74, 6) is 2.75. The lowest BCUT2D eigenvalue weighted by atomic mass is 10.1. The summed E-state index contributed by atoms with van der Waals surface area (Å²) in [5, 5.41) is 15.4. The highest BCUT2D eigenvalue weighted by molar-refractivity contribution is 5.66. The lowest BCUT2D eigenvalue weighted by molar-refractivity contribution is 0.487. The summed E-state index contributed by atoms with van der Waals surface area (Å²) in [7, 11) is 0. The minimum atomic E-state index is 0.629. The minimum absolute atomic E-state index is 0.629. The predicted octanol–water partition coefficient (Wildman–Crippen LogP) is 4.29. The van der Waals surface area contributed by atoms with Gasteiger partial charge < -0.3 is 5.32 Å². The Labute approximate surface area is 169 Å². The van der Waals surface area contributed by atoms with Crippen molar-refractivity contribution in [3.8, 4) is 11.3 Å². The van der Waals surface area contributed by atoms with Crippen molar-refractivity contribution in [3.05, 3.63) is 42.1 Å². The van der Waals surface area contributed by atoms with E-state index in [0.29, 0.717) is 17.8 Å². The van der Waals surface area contributed by atoms with Crippen molar-refractivity contribution in [1.82, 2.24) is 34.3 Å². The van der Waals surface area contributed by atoms with Crippen LogP contribution in [0.2, 0.25) is 0 Å². The molecule has 0 bridgehead atoms. The van der Waals surface area contributed by atoms with Gasteiger partial charge in [0.25, 0.3) is 0 Å². The maximum atomic E-state index is 4.86. The third-order valence-corrected chi connectivity index (χ3v) is 5.29. The van der Waals surface area contributed by atoms with E-state index in [1.807, 2.05) is 34.5 Å². The lowest BCUT2D eigenvalue weighted by Crippen LogP contribution is -2.03. The SMILES string of the molecule is Cc1cn2c(Nc3cc(C4CC4)[nH]n3)nc(-c3cnn(CCC(C)C)c3)cc2n1. The fourth-order valence-electron chi connectivity index (χ4n) is 3.47. The molecule has 1 fully saturated rings. The normalized spacial score (nSPS) is 14.2. The standard InChI is InChI=1S/C21H26N8/c1-13(2)6-7-28-12-16(10-22-28)17-9-20-23-14(3)11-29(20)21(24-17)25-19-8-18(26-27-19)15-4-5-15/h8-13,15H,4-7H2,1-3H3,(H2,24,25,26,27). The second-order valence-corrected chi connectivity index (χ2v) is 8.36. The van der Waals surface area contributed by atoms with Crippen LogP contribution in [0.25, 0.3) is 16.9 Å². The number of fused-ring (bicyclic) bond motifs is 1. The fraction of sp³-hybridized carbons (Fsp3) is 0.429. The van der Waals surface area contributed by atoms with Crippen LogP contribution in [0.4, 0.5) is 11.8 Å². The van der Waals surface area contributed by atoms with E-state index in [1.54, 1.807) is 0 Å². The summed E-state index contributed by atoms with van der Waals surface area (Å²) in [6, 6.07) is 4.08. The smallest absolute Gasteiger partial charge is 0.215 e. The van der Waals surface area contributed by atoms with E-state index in [0.717, 1.165) is 41.4 Å². The van der Waals surface area contributed by atoms with Crippen molar-refractivity contribution in [2.45, 2.75) is 52.5 Å². The molecule has 2 N–H and O–H groups in total. The maximum absolute atomic E-state index is 4.86. The second-order valence-electron chi connectivity index (χ2n) is 8.36. The molecule has 0 spiro atoms. The molecule has 4 aromatic rings. The van der Waals surface area contributed by atoms with E-state index >= 15 is 0 Å². The molecule has 8 nitrogen and oxygen atoms in total. The molecule has 29 heavy (non-hydrogen) atoms. The first kappa shape index (κ1) is 17.9. The highest BCUT2D eigenvalue weighted by Crippen LogP contribution is 2.39. The third kappa shape index (κ3) is 3.74. The Kier molecular flexibility index (Phi) is 4.34. The Hall–Kier alpha value is -3.16. The summed E-state index contributed by atoms with van der Waals surface area (Å²) in [5.41, 5.74) is 4.82. The van der Waals surface area contributed by atoms with E-state index < -0.39 is 0 Å². The van der Waals surface area contributed by atoms with Crippen LogP contribution in [0.1, 0.15) is 50.4 Å². The zero-order valence-corrected chi connectivity index (χ0v) is 17.1. The summed E-state index contributed by atoms with van der Waals surface area (Å²) >= 11 is 0. The van der Waals surface area contributed by atoms with Crippen LogP contribution in [0.5, 0.6) is 0 Å². The molecule has 1 aliphatic rings. The molecule has 5 rings (SSSR count). The Morgan fingerprint density at radius 1 is 1.21 bits per heavy atom. The fourth-order valence-corrected chi connectivity index (χ4v) is 3.47. The topological polar surface area (TPSA) is 88.7 Å². The van der Waals surface area contributed by atoms with Crippen molar-refractivity contribution in [3.63, 3.8) is 0 Å². The molecule has 0 aromatic carbocycles. The molecule has 0 saturated heterocycles. The largest absolute Gasteiger partial charge is 0.308 e. The quantitative estimate of drug-likeness (QED) is 0.491. The van der Waals surface area contributed by atoms with Crippen LogP contribution in [0, 0.1) is 12.8 Å². The minimum Gasteiger partial charge on any atom is -0.308 e. The van der Waals surface area contributed by atoms with Crippen molar-refractivity contribution >= 4 is 17.4 Å². The van der Waals surface area contributed by atoms with Crippen LogP contribution in [-0.4, -0.2) is 34.3 Å². The van der Waals surface area contributed by atoms with E-state index in [2.05, 4.69) is 51.7 Å². The summed E-state index contributed by atoms with van der Waals surface area (Å²) in [4.78, 5) is 9.50. The number of aromatic amines is 1. The van der Waals surface area contributed by atoms with Crippen LogP contribution >= 0.6 is 0 Å². The number of nitrogens with zero attached hydrogens (tertiary/aromatic N) is 6. The Morgan fingerprint density at radius 3 is 2.86 bits per heavy atom. The molecule has 0 radical (unpaired) electrons. The van der Waals surface area contributed by atoms with Gasteiger partial charge in [0.05, 0.1) is 17.6 Å². The molecule has 0 aliphatic heterocycles. The summed E-state index contributed by atoms with van der Waals surface area (Å²) in [6.07, 6.45) is 9.48. The molecule has 4 heterocycles. The van der Waals surface area contributed by atoms with Crippen molar-refractivity contribution in [1.29, 1.82) is 0 Å². The second kappa shape index (κ2) is 7.02. The monoisotopic (exact) mass is 390 g/mol. The average molecular weight is 390 g/mol. The lowest BCUT2D eigenvalue weighted by Gasteiger charge is -2.08. The number of aromatic nitrogens is 7. The number of imidazole rings is 1. The average Bonchev–Trinajstić information content (AvgIpc) is 3.09. The molecule has 8 heteroatoms. The van der Waals surface area contributed by atoms with E-state index in [4.69, 9.17) is 4.98 Å². The van der Waals surface area contributed by atoms with Gasteiger partial charge in [0, 0.05) is 48.2 Å². The molecular formula is C21H26N8. The van der Waals surface area contributed by atoms with Crippen LogP contribution < -0.4 is 5.32 Å².